The lowest BCUT2D eigenvalue weighted by Gasteiger charge is -2.35. The van der Waals surface area contributed by atoms with Crippen molar-refractivity contribution in [2.75, 3.05) is 38.3 Å². The Morgan fingerprint density at radius 3 is 2.57 bits per heavy atom. The second-order valence-corrected chi connectivity index (χ2v) is 6.22. The third-order valence-electron chi connectivity index (χ3n) is 4.23. The Morgan fingerprint density at radius 2 is 1.95 bits per heavy atom. The van der Waals surface area contributed by atoms with Crippen LogP contribution in [-0.2, 0) is 4.74 Å². The van der Waals surface area contributed by atoms with Gasteiger partial charge < -0.3 is 20.1 Å². The van der Waals surface area contributed by atoms with Crippen LogP contribution in [0.5, 0.6) is 0 Å². The van der Waals surface area contributed by atoms with Crippen LogP contribution in [0.2, 0.25) is 0 Å². The van der Waals surface area contributed by atoms with E-state index in [0.717, 1.165) is 25.9 Å². The van der Waals surface area contributed by atoms with Crippen molar-refractivity contribution < 1.29 is 9.84 Å². The zero-order valence-electron chi connectivity index (χ0n) is 13.2. The molecule has 2 rings (SSSR count). The van der Waals surface area contributed by atoms with Crippen molar-refractivity contribution in [3.8, 4) is 0 Å². The van der Waals surface area contributed by atoms with Crippen LogP contribution in [0.3, 0.4) is 0 Å². The van der Waals surface area contributed by atoms with Crippen molar-refractivity contribution in [1.82, 2.24) is 5.32 Å². The Hall–Kier alpha value is -1.10. The number of hydrogen-bond acceptors (Lipinski definition) is 4. The van der Waals surface area contributed by atoms with E-state index in [2.05, 4.69) is 40.5 Å². The lowest BCUT2D eigenvalue weighted by atomic mass is 10.00. The number of benzene rings is 1. The molecule has 1 atom stereocenters. The van der Waals surface area contributed by atoms with Gasteiger partial charge in [0.1, 0.15) is 0 Å². The molecule has 0 spiro atoms. The highest BCUT2D eigenvalue weighted by atomic mass is 16.5. The molecule has 2 N–H and O–H groups in total. The molecule has 0 aliphatic carbocycles. The summed E-state index contributed by atoms with van der Waals surface area (Å²) in [4.78, 5) is 2.43. The van der Waals surface area contributed by atoms with Gasteiger partial charge in [0.25, 0.3) is 0 Å². The van der Waals surface area contributed by atoms with Crippen LogP contribution in [-0.4, -0.2) is 50.1 Å². The molecule has 0 amide bonds. The van der Waals surface area contributed by atoms with Crippen LogP contribution in [0.25, 0.3) is 0 Å². The van der Waals surface area contributed by atoms with Crippen molar-refractivity contribution >= 4 is 5.69 Å². The molecule has 0 bridgehead atoms. The number of rotatable bonds is 7. The summed E-state index contributed by atoms with van der Waals surface area (Å²) in [5.74, 6) is 0. The molecule has 4 nitrogen and oxygen atoms in total. The van der Waals surface area contributed by atoms with Gasteiger partial charge in [-0.25, -0.2) is 0 Å². The third kappa shape index (κ3) is 5.30. The van der Waals surface area contributed by atoms with Crippen LogP contribution < -0.4 is 10.2 Å². The van der Waals surface area contributed by atoms with Gasteiger partial charge in [-0.2, -0.15) is 0 Å². The van der Waals surface area contributed by atoms with Gasteiger partial charge in [-0.3, -0.25) is 0 Å². The van der Waals surface area contributed by atoms with Crippen LogP contribution in [0.4, 0.5) is 5.69 Å². The second-order valence-electron chi connectivity index (χ2n) is 6.22. The highest BCUT2D eigenvalue weighted by Gasteiger charge is 2.24. The lowest BCUT2D eigenvalue weighted by Crippen LogP contribution is -2.48. The zero-order valence-corrected chi connectivity index (χ0v) is 13.2. The lowest BCUT2D eigenvalue weighted by molar-refractivity contribution is 0.0221. The minimum absolute atomic E-state index is 0.499. The van der Waals surface area contributed by atoms with Crippen LogP contribution in [0, 0.1) is 0 Å². The van der Waals surface area contributed by atoms with Gasteiger partial charge in [-0.15, -0.1) is 0 Å². The van der Waals surface area contributed by atoms with Gasteiger partial charge in [0.2, 0.25) is 0 Å². The fraction of sp³-hybridized carbons (Fsp3) is 0.647. The second kappa shape index (κ2) is 7.78. The summed E-state index contributed by atoms with van der Waals surface area (Å²) in [6.07, 6.45) is 2.91. The van der Waals surface area contributed by atoms with E-state index in [4.69, 9.17) is 4.74 Å². The number of para-hydroxylation sites is 1. The predicted molar refractivity (Wildman–Crippen MR) is 86.8 cm³/mol. The summed E-state index contributed by atoms with van der Waals surface area (Å²) in [7, 11) is 1.67. The molecular weight excluding hydrogens is 264 g/mol. The quantitative estimate of drug-likeness (QED) is 0.807. The zero-order chi connectivity index (χ0) is 15.1. The smallest absolute Gasteiger partial charge is 0.0765 e. The third-order valence-corrected chi connectivity index (χ3v) is 4.23. The Balaban J connectivity index is 1.72. The van der Waals surface area contributed by atoms with Crippen LogP contribution in [0.1, 0.15) is 26.2 Å². The molecule has 1 aliphatic heterocycles. The SMILES string of the molecule is COCCC(C)(O)CNC1CCN(c2ccccc2)CC1. The first-order chi connectivity index (χ1) is 10.1. The van der Waals surface area contributed by atoms with Gasteiger partial charge in [0, 0.05) is 51.5 Å². The average Bonchev–Trinajstić information content (AvgIpc) is 2.53. The molecule has 1 unspecified atom stereocenters. The molecule has 1 aliphatic rings. The summed E-state index contributed by atoms with van der Waals surface area (Å²) in [6, 6.07) is 11.1. The van der Waals surface area contributed by atoms with Gasteiger partial charge in [-0.05, 0) is 31.9 Å². The molecule has 0 saturated carbocycles. The van der Waals surface area contributed by atoms with E-state index in [0.29, 0.717) is 25.6 Å². The maximum atomic E-state index is 10.3. The molecular formula is C17H28N2O2. The number of nitrogens with zero attached hydrogens (tertiary/aromatic N) is 1. The van der Waals surface area contributed by atoms with Crippen molar-refractivity contribution in [1.29, 1.82) is 0 Å². The fourth-order valence-electron chi connectivity index (χ4n) is 2.76. The number of piperidine rings is 1. The van der Waals surface area contributed by atoms with E-state index in [1.54, 1.807) is 7.11 Å². The molecule has 0 radical (unpaired) electrons. The molecule has 4 heteroatoms. The topological polar surface area (TPSA) is 44.7 Å². The largest absolute Gasteiger partial charge is 0.389 e. The number of ether oxygens (including phenoxy) is 1. The molecule has 0 aromatic heterocycles. The number of anilines is 1. The van der Waals surface area contributed by atoms with Gasteiger partial charge in [0.05, 0.1) is 5.60 Å². The van der Waals surface area contributed by atoms with Crippen molar-refractivity contribution in [3.63, 3.8) is 0 Å². The standard InChI is InChI=1S/C17H28N2O2/c1-17(20,10-13-21-2)14-18-15-8-11-19(12-9-15)16-6-4-3-5-7-16/h3-7,15,18,20H,8-14H2,1-2H3. The summed E-state index contributed by atoms with van der Waals surface area (Å²) in [6.45, 7) is 5.25. The molecule has 1 heterocycles. The van der Waals surface area contributed by atoms with Gasteiger partial charge >= 0.3 is 0 Å². The Morgan fingerprint density at radius 1 is 1.29 bits per heavy atom. The Labute approximate surface area is 128 Å². The minimum Gasteiger partial charge on any atom is -0.389 e. The molecule has 1 fully saturated rings. The minimum atomic E-state index is -0.688. The van der Waals surface area contributed by atoms with E-state index < -0.39 is 5.60 Å². The maximum absolute atomic E-state index is 10.3. The molecule has 1 saturated heterocycles. The summed E-state index contributed by atoms with van der Waals surface area (Å²) < 4.78 is 5.04. The monoisotopic (exact) mass is 292 g/mol. The molecule has 1 aromatic carbocycles. The summed E-state index contributed by atoms with van der Waals surface area (Å²) in [5, 5.41) is 13.8. The van der Waals surface area contributed by atoms with Crippen LogP contribution in [0.15, 0.2) is 30.3 Å². The molecule has 21 heavy (non-hydrogen) atoms. The highest BCUT2D eigenvalue weighted by molar-refractivity contribution is 5.46. The fourth-order valence-corrected chi connectivity index (χ4v) is 2.76. The molecule has 1 aromatic rings. The number of nitrogens with one attached hydrogen (secondary N) is 1. The van der Waals surface area contributed by atoms with Gasteiger partial charge in [0.15, 0.2) is 0 Å². The Bertz CT molecular complexity index is 401. The van der Waals surface area contributed by atoms with Crippen molar-refractivity contribution in [2.24, 2.45) is 0 Å². The maximum Gasteiger partial charge on any atom is 0.0765 e. The van der Waals surface area contributed by atoms with Crippen LogP contribution >= 0.6 is 0 Å². The number of methoxy groups -OCH3 is 1. The van der Waals surface area contributed by atoms with Crippen molar-refractivity contribution in [3.05, 3.63) is 30.3 Å². The summed E-state index contributed by atoms with van der Waals surface area (Å²) in [5.41, 5.74) is 0.620. The Kier molecular flexibility index (Phi) is 6.03. The van der Waals surface area contributed by atoms with E-state index >= 15 is 0 Å². The highest BCUT2D eigenvalue weighted by Crippen LogP contribution is 2.20. The normalized spacial score (nSPS) is 19.5. The number of aliphatic hydroxyl groups is 1. The first kappa shape index (κ1) is 16.3. The van der Waals surface area contributed by atoms with E-state index in [9.17, 15) is 5.11 Å². The van der Waals surface area contributed by atoms with E-state index in [-0.39, 0.29) is 0 Å². The first-order valence-corrected chi connectivity index (χ1v) is 7.85. The van der Waals surface area contributed by atoms with Crippen molar-refractivity contribution in [2.45, 2.75) is 37.8 Å². The number of hydrogen-bond donors (Lipinski definition) is 2. The van der Waals surface area contributed by atoms with E-state index in [1.165, 1.54) is 5.69 Å². The predicted octanol–water partition coefficient (Wildman–Crippen LogP) is 2.03. The molecule has 118 valence electrons. The first-order valence-electron chi connectivity index (χ1n) is 7.85. The van der Waals surface area contributed by atoms with E-state index in [1.807, 2.05) is 6.92 Å². The van der Waals surface area contributed by atoms with Gasteiger partial charge in [-0.1, -0.05) is 18.2 Å². The summed E-state index contributed by atoms with van der Waals surface area (Å²) >= 11 is 0. The average molecular weight is 292 g/mol.